The predicted octanol–water partition coefficient (Wildman–Crippen LogP) is 3.42. The molecule has 4 rings (SSSR count). The van der Waals surface area contributed by atoms with Gasteiger partial charge in [0, 0.05) is 36.1 Å². The summed E-state index contributed by atoms with van der Waals surface area (Å²) >= 11 is 0. The Balaban J connectivity index is 1.80. The van der Waals surface area contributed by atoms with E-state index >= 15 is 0 Å². The summed E-state index contributed by atoms with van der Waals surface area (Å²) in [7, 11) is 0. The van der Waals surface area contributed by atoms with E-state index in [0.29, 0.717) is 0 Å². The van der Waals surface area contributed by atoms with Crippen molar-refractivity contribution in [1.82, 2.24) is 19.6 Å². The fraction of sp³-hybridized carbons (Fsp3) is 0.0526. The second-order valence-corrected chi connectivity index (χ2v) is 5.63. The molecule has 6 heteroatoms. The molecule has 0 fully saturated rings. The Labute approximate surface area is 144 Å². The highest BCUT2D eigenvalue weighted by molar-refractivity contribution is 5.89. The minimum atomic E-state index is -0.102. The van der Waals surface area contributed by atoms with E-state index in [4.69, 9.17) is 5.10 Å². The third kappa shape index (κ3) is 2.97. The van der Waals surface area contributed by atoms with E-state index in [2.05, 4.69) is 15.3 Å². The van der Waals surface area contributed by atoms with E-state index in [9.17, 15) is 4.79 Å². The summed E-state index contributed by atoms with van der Waals surface area (Å²) in [6.07, 6.45) is 5.29. The molecule has 3 heterocycles. The Morgan fingerprint density at radius 3 is 2.68 bits per heavy atom. The summed E-state index contributed by atoms with van der Waals surface area (Å²) in [5.74, 6) is -0.102. The van der Waals surface area contributed by atoms with Crippen molar-refractivity contribution in [3.8, 4) is 22.5 Å². The molecule has 1 N–H and O–H groups in total. The molecule has 6 nitrogen and oxygen atoms in total. The average molecular weight is 329 g/mol. The minimum absolute atomic E-state index is 0.102. The number of aromatic nitrogens is 4. The first-order valence-electron chi connectivity index (χ1n) is 7.84. The molecule has 0 aliphatic carbocycles. The molecule has 0 saturated heterocycles. The van der Waals surface area contributed by atoms with Gasteiger partial charge < -0.3 is 5.32 Å². The highest BCUT2D eigenvalue weighted by Gasteiger charge is 2.09. The zero-order chi connectivity index (χ0) is 17.2. The molecular formula is C19H15N5O. The lowest BCUT2D eigenvalue weighted by atomic mass is 10.1. The van der Waals surface area contributed by atoms with Crippen LogP contribution in [-0.2, 0) is 4.79 Å². The number of hydrogen-bond donors (Lipinski definition) is 1. The molecule has 122 valence electrons. The van der Waals surface area contributed by atoms with Crippen LogP contribution >= 0.6 is 0 Å². The van der Waals surface area contributed by atoms with Crippen LogP contribution in [0.2, 0.25) is 0 Å². The number of amides is 1. The van der Waals surface area contributed by atoms with E-state index in [1.54, 1.807) is 18.6 Å². The molecule has 1 amide bonds. The Morgan fingerprint density at radius 1 is 1.04 bits per heavy atom. The number of nitrogens with zero attached hydrogens (tertiary/aromatic N) is 4. The molecule has 0 radical (unpaired) electrons. The van der Waals surface area contributed by atoms with Crippen molar-refractivity contribution in [2.45, 2.75) is 6.92 Å². The summed E-state index contributed by atoms with van der Waals surface area (Å²) in [5.41, 5.74) is 5.13. The van der Waals surface area contributed by atoms with Crippen LogP contribution in [-0.4, -0.2) is 25.5 Å². The van der Waals surface area contributed by atoms with Gasteiger partial charge in [0.15, 0.2) is 5.65 Å². The topological polar surface area (TPSA) is 72.2 Å². The number of fused-ring (bicyclic) bond motifs is 1. The van der Waals surface area contributed by atoms with E-state index < -0.39 is 0 Å². The minimum Gasteiger partial charge on any atom is -0.326 e. The van der Waals surface area contributed by atoms with Gasteiger partial charge in [-0.1, -0.05) is 12.1 Å². The van der Waals surface area contributed by atoms with Gasteiger partial charge in [0.25, 0.3) is 0 Å². The summed E-state index contributed by atoms with van der Waals surface area (Å²) in [6, 6.07) is 15.3. The van der Waals surface area contributed by atoms with Crippen molar-refractivity contribution in [2.24, 2.45) is 0 Å². The van der Waals surface area contributed by atoms with Gasteiger partial charge in [-0.25, -0.2) is 9.50 Å². The lowest BCUT2D eigenvalue weighted by molar-refractivity contribution is -0.114. The number of carbonyl (C=O) groups is 1. The van der Waals surface area contributed by atoms with Crippen LogP contribution in [0.25, 0.3) is 28.2 Å². The molecule has 25 heavy (non-hydrogen) atoms. The van der Waals surface area contributed by atoms with Crippen molar-refractivity contribution >= 4 is 17.2 Å². The van der Waals surface area contributed by atoms with E-state index in [1.165, 1.54) is 6.92 Å². The third-order valence-electron chi connectivity index (χ3n) is 3.82. The standard InChI is InChI=1S/C19H15N5O/c1-13(25)22-16-4-2-3-15(11-16)17-5-6-19-21-12-18(24(19)23-17)14-7-9-20-10-8-14/h2-12H,1H3,(H,22,25). The summed E-state index contributed by atoms with van der Waals surface area (Å²) in [5, 5.41) is 7.51. The highest BCUT2D eigenvalue weighted by atomic mass is 16.1. The molecule has 0 spiro atoms. The Hall–Kier alpha value is -3.54. The number of carbonyl (C=O) groups excluding carboxylic acids is 1. The van der Waals surface area contributed by atoms with Crippen molar-refractivity contribution in [3.05, 3.63) is 67.1 Å². The quantitative estimate of drug-likeness (QED) is 0.625. The first-order chi connectivity index (χ1) is 12.2. The molecular weight excluding hydrogens is 314 g/mol. The van der Waals surface area contributed by atoms with Crippen molar-refractivity contribution in [3.63, 3.8) is 0 Å². The van der Waals surface area contributed by atoms with Crippen LogP contribution in [0, 0.1) is 0 Å². The van der Waals surface area contributed by atoms with E-state index in [1.807, 2.05) is 53.0 Å². The predicted molar refractivity (Wildman–Crippen MR) is 96.0 cm³/mol. The molecule has 0 aliphatic heterocycles. The number of rotatable bonds is 3. The third-order valence-corrected chi connectivity index (χ3v) is 3.82. The highest BCUT2D eigenvalue weighted by Crippen LogP contribution is 2.24. The number of nitrogens with one attached hydrogen (secondary N) is 1. The maximum atomic E-state index is 11.3. The second-order valence-electron chi connectivity index (χ2n) is 5.63. The van der Waals surface area contributed by atoms with E-state index in [0.717, 1.165) is 33.8 Å². The Kier molecular flexibility index (Phi) is 3.70. The Morgan fingerprint density at radius 2 is 1.88 bits per heavy atom. The zero-order valence-electron chi connectivity index (χ0n) is 13.5. The van der Waals surface area contributed by atoms with Gasteiger partial charge in [-0.15, -0.1) is 0 Å². The lowest BCUT2D eigenvalue weighted by Gasteiger charge is -2.07. The van der Waals surface area contributed by atoms with Gasteiger partial charge >= 0.3 is 0 Å². The van der Waals surface area contributed by atoms with Gasteiger partial charge in [-0.2, -0.15) is 5.10 Å². The smallest absolute Gasteiger partial charge is 0.221 e. The molecule has 3 aromatic heterocycles. The molecule has 0 atom stereocenters. The molecule has 0 unspecified atom stereocenters. The van der Waals surface area contributed by atoms with Crippen LogP contribution < -0.4 is 5.32 Å². The Bertz CT molecular complexity index is 1060. The first-order valence-corrected chi connectivity index (χ1v) is 7.84. The van der Waals surface area contributed by atoms with Crippen LogP contribution in [0.5, 0.6) is 0 Å². The fourth-order valence-electron chi connectivity index (χ4n) is 2.71. The number of benzene rings is 1. The molecule has 4 aromatic rings. The van der Waals surface area contributed by atoms with Gasteiger partial charge in [-0.3, -0.25) is 9.78 Å². The van der Waals surface area contributed by atoms with Gasteiger partial charge in [0.2, 0.25) is 5.91 Å². The van der Waals surface area contributed by atoms with Crippen LogP contribution in [0.1, 0.15) is 6.92 Å². The van der Waals surface area contributed by atoms with Crippen molar-refractivity contribution in [1.29, 1.82) is 0 Å². The average Bonchev–Trinajstić information content (AvgIpc) is 3.05. The largest absolute Gasteiger partial charge is 0.326 e. The molecule has 0 bridgehead atoms. The fourth-order valence-corrected chi connectivity index (χ4v) is 2.71. The number of imidazole rings is 1. The zero-order valence-corrected chi connectivity index (χ0v) is 13.5. The van der Waals surface area contributed by atoms with E-state index in [-0.39, 0.29) is 5.91 Å². The maximum Gasteiger partial charge on any atom is 0.221 e. The molecule has 0 aliphatic rings. The van der Waals surface area contributed by atoms with Crippen LogP contribution in [0.15, 0.2) is 67.1 Å². The number of anilines is 1. The van der Waals surface area contributed by atoms with Gasteiger partial charge in [-0.05, 0) is 36.4 Å². The number of hydrogen-bond acceptors (Lipinski definition) is 4. The van der Waals surface area contributed by atoms with Crippen molar-refractivity contribution in [2.75, 3.05) is 5.32 Å². The summed E-state index contributed by atoms with van der Waals surface area (Å²) in [4.78, 5) is 19.7. The summed E-state index contributed by atoms with van der Waals surface area (Å²) < 4.78 is 1.82. The molecule has 1 aromatic carbocycles. The van der Waals surface area contributed by atoms with Gasteiger partial charge in [0.05, 0.1) is 17.6 Å². The maximum absolute atomic E-state index is 11.3. The van der Waals surface area contributed by atoms with Crippen LogP contribution in [0.4, 0.5) is 5.69 Å². The lowest BCUT2D eigenvalue weighted by Crippen LogP contribution is -2.05. The number of pyridine rings is 1. The monoisotopic (exact) mass is 329 g/mol. The summed E-state index contributed by atoms with van der Waals surface area (Å²) in [6.45, 7) is 1.49. The van der Waals surface area contributed by atoms with Crippen LogP contribution in [0.3, 0.4) is 0 Å². The second kappa shape index (κ2) is 6.16. The normalized spacial score (nSPS) is 10.8. The molecule has 0 saturated carbocycles. The SMILES string of the molecule is CC(=O)Nc1cccc(-c2ccc3ncc(-c4ccncc4)n3n2)c1. The van der Waals surface area contributed by atoms with Crippen molar-refractivity contribution < 1.29 is 4.79 Å². The first kappa shape index (κ1) is 15.0. The van der Waals surface area contributed by atoms with Gasteiger partial charge in [0.1, 0.15) is 0 Å².